The maximum atomic E-state index is 12.8. The third-order valence-corrected chi connectivity index (χ3v) is 5.21. The van der Waals surface area contributed by atoms with Gasteiger partial charge in [-0.25, -0.2) is 0 Å². The summed E-state index contributed by atoms with van der Waals surface area (Å²) in [6.07, 6.45) is -0.315. The molecule has 0 bridgehead atoms. The average molecular weight is 433 g/mol. The molecule has 0 saturated carbocycles. The molecule has 8 heteroatoms. The van der Waals surface area contributed by atoms with Crippen LogP contribution >= 0.6 is 0 Å². The number of nitrogens with zero attached hydrogens (tertiary/aromatic N) is 2. The lowest BCUT2D eigenvalue weighted by atomic mass is 10.1. The van der Waals surface area contributed by atoms with Crippen LogP contribution in [0.25, 0.3) is 10.9 Å². The van der Waals surface area contributed by atoms with E-state index in [1.165, 1.54) is 11.9 Å². The minimum absolute atomic E-state index is 0.0358. The summed E-state index contributed by atoms with van der Waals surface area (Å²) < 4.78 is 10.9. The molecule has 0 aliphatic carbocycles. The highest BCUT2D eigenvalue weighted by molar-refractivity contribution is 5.98. The van der Waals surface area contributed by atoms with Crippen LogP contribution in [0.2, 0.25) is 0 Å². The first-order valence-corrected chi connectivity index (χ1v) is 10.3. The minimum atomic E-state index is -0.839. The number of amides is 2. The summed E-state index contributed by atoms with van der Waals surface area (Å²) in [4.78, 5) is 43.0. The third-order valence-electron chi connectivity index (χ3n) is 5.21. The number of esters is 1. The fourth-order valence-electron chi connectivity index (χ4n) is 3.54. The molecule has 32 heavy (non-hydrogen) atoms. The summed E-state index contributed by atoms with van der Waals surface area (Å²) >= 11 is 0. The van der Waals surface area contributed by atoms with E-state index >= 15 is 0 Å². The van der Waals surface area contributed by atoms with Crippen LogP contribution in [0.1, 0.15) is 12.1 Å². The summed E-state index contributed by atoms with van der Waals surface area (Å²) in [5.41, 5.74) is 2.18. The SMILES string of the molecule is CNC(=O)C1CN(C(=O)COC(=O)CCc2ccc3ccccc3n2)c2ccccc2O1. The number of nitrogens with one attached hydrogen (secondary N) is 1. The van der Waals surface area contributed by atoms with Gasteiger partial charge in [0.1, 0.15) is 5.75 Å². The number of carbonyl (C=O) groups is 3. The Balaban J connectivity index is 1.35. The van der Waals surface area contributed by atoms with Crippen LogP contribution in [-0.2, 0) is 25.5 Å². The number of ether oxygens (including phenoxy) is 2. The molecular formula is C24H23N3O5. The van der Waals surface area contributed by atoms with Gasteiger partial charge in [0.15, 0.2) is 12.7 Å². The van der Waals surface area contributed by atoms with Crippen LogP contribution in [0.15, 0.2) is 60.7 Å². The Bertz CT molecular complexity index is 1160. The molecule has 1 unspecified atom stereocenters. The number of hydrogen-bond acceptors (Lipinski definition) is 6. The lowest BCUT2D eigenvalue weighted by molar-refractivity contribution is -0.148. The molecule has 2 heterocycles. The number of hydrogen-bond donors (Lipinski definition) is 1. The van der Waals surface area contributed by atoms with E-state index in [0.717, 1.165) is 16.6 Å². The first-order chi connectivity index (χ1) is 15.5. The third kappa shape index (κ3) is 4.69. The van der Waals surface area contributed by atoms with Gasteiger partial charge in [-0.1, -0.05) is 36.4 Å². The van der Waals surface area contributed by atoms with Crippen molar-refractivity contribution in [3.8, 4) is 5.75 Å². The van der Waals surface area contributed by atoms with Gasteiger partial charge in [-0.15, -0.1) is 0 Å². The maximum absolute atomic E-state index is 12.8. The zero-order valence-corrected chi connectivity index (χ0v) is 17.6. The maximum Gasteiger partial charge on any atom is 0.306 e. The monoisotopic (exact) mass is 433 g/mol. The Morgan fingerprint density at radius 3 is 2.72 bits per heavy atom. The number of likely N-dealkylation sites (N-methyl/N-ethyl adjacent to an activating group) is 1. The normalized spacial score (nSPS) is 14.9. The first kappa shape index (κ1) is 21.3. The Labute approximate surface area is 185 Å². The van der Waals surface area contributed by atoms with Crippen LogP contribution < -0.4 is 15.0 Å². The second kappa shape index (κ2) is 9.47. The van der Waals surface area contributed by atoms with Gasteiger partial charge in [0, 0.05) is 24.5 Å². The van der Waals surface area contributed by atoms with Crippen molar-refractivity contribution in [1.29, 1.82) is 0 Å². The van der Waals surface area contributed by atoms with Crippen LogP contribution in [0.5, 0.6) is 5.75 Å². The number of benzene rings is 2. The average Bonchev–Trinajstić information content (AvgIpc) is 2.84. The number of para-hydroxylation sites is 3. The molecule has 2 amide bonds. The lowest BCUT2D eigenvalue weighted by Gasteiger charge is -2.33. The fraction of sp³-hybridized carbons (Fsp3) is 0.250. The van der Waals surface area contributed by atoms with Crippen LogP contribution in [0, 0.1) is 0 Å². The van der Waals surface area contributed by atoms with E-state index in [0.29, 0.717) is 17.9 Å². The number of rotatable bonds is 6. The van der Waals surface area contributed by atoms with Crippen molar-refractivity contribution in [3.05, 3.63) is 66.4 Å². The van der Waals surface area contributed by atoms with E-state index in [9.17, 15) is 14.4 Å². The molecule has 0 spiro atoms. The number of fused-ring (bicyclic) bond motifs is 2. The van der Waals surface area contributed by atoms with Gasteiger partial charge in [0.2, 0.25) is 0 Å². The molecule has 1 atom stereocenters. The van der Waals surface area contributed by atoms with Gasteiger partial charge in [-0.3, -0.25) is 19.4 Å². The van der Waals surface area contributed by atoms with E-state index in [2.05, 4.69) is 10.3 Å². The molecule has 3 aromatic rings. The molecule has 8 nitrogen and oxygen atoms in total. The molecule has 0 radical (unpaired) electrons. The molecule has 1 aliphatic heterocycles. The summed E-state index contributed by atoms with van der Waals surface area (Å²) in [7, 11) is 1.50. The lowest BCUT2D eigenvalue weighted by Crippen LogP contribution is -2.51. The zero-order valence-electron chi connectivity index (χ0n) is 17.6. The summed E-state index contributed by atoms with van der Waals surface area (Å²) in [6, 6.07) is 18.5. The van der Waals surface area contributed by atoms with Gasteiger partial charge >= 0.3 is 5.97 Å². The highest BCUT2D eigenvalue weighted by Crippen LogP contribution is 2.33. The Morgan fingerprint density at radius 1 is 1.09 bits per heavy atom. The van der Waals surface area contributed by atoms with Gasteiger partial charge in [-0.2, -0.15) is 0 Å². The van der Waals surface area contributed by atoms with Gasteiger partial charge in [-0.05, 0) is 24.3 Å². The van der Waals surface area contributed by atoms with Crippen molar-refractivity contribution < 1.29 is 23.9 Å². The molecule has 2 aromatic carbocycles. The standard InChI is InChI=1S/C24H23N3O5/c1-25-24(30)21-14-27(19-8-4-5-9-20(19)32-21)22(28)15-31-23(29)13-12-17-11-10-16-6-2-3-7-18(16)26-17/h2-11,21H,12-15H2,1H3,(H,25,30). The fourth-order valence-corrected chi connectivity index (χ4v) is 3.54. The molecule has 1 N–H and O–H groups in total. The first-order valence-electron chi connectivity index (χ1n) is 10.3. The zero-order chi connectivity index (χ0) is 22.5. The Morgan fingerprint density at radius 2 is 1.88 bits per heavy atom. The molecule has 0 fully saturated rings. The molecule has 1 aliphatic rings. The van der Waals surface area contributed by atoms with Crippen LogP contribution in [-0.4, -0.2) is 49.1 Å². The second-order valence-corrected chi connectivity index (χ2v) is 7.35. The van der Waals surface area contributed by atoms with E-state index in [-0.39, 0.29) is 18.9 Å². The minimum Gasteiger partial charge on any atom is -0.477 e. The van der Waals surface area contributed by atoms with Crippen molar-refractivity contribution in [2.45, 2.75) is 18.9 Å². The van der Waals surface area contributed by atoms with E-state index < -0.39 is 24.6 Å². The highest BCUT2D eigenvalue weighted by Gasteiger charge is 2.33. The summed E-state index contributed by atoms with van der Waals surface area (Å²) in [6.45, 7) is -0.382. The Kier molecular flexibility index (Phi) is 6.30. The molecular weight excluding hydrogens is 410 g/mol. The highest BCUT2D eigenvalue weighted by atomic mass is 16.5. The molecule has 1 aromatic heterocycles. The van der Waals surface area contributed by atoms with Crippen molar-refractivity contribution in [3.63, 3.8) is 0 Å². The van der Waals surface area contributed by atoms with Gasteiger partial charge < -0.3 is 19.7 Å². The largest absolute Gasteiger partial charge is 0.477 e. The topological polar surface area (TPSA) is 97.8 Å². The van der Waals surface area contributed by atoms with E-state index in [1.54, 1.807) is 24.3 Å². The van der Waals surface area contributed by atoms with Crippen molar-refractivity contribution in [1.82, 2.24) is 10.3 Å². The van der Waals surface area contributed by atoms with Crippen molar-refractivity contribution >= 4 is 34.4 Å². The predicted octanol–water partition coefficient (Wildman–Crippen LogP) is 2.25. The Hall–Kier alpha value is -3.94. The number of aromatic nitrogens is 1. The summed E-state index contributed by atoms with van der Waals surface area (Å²) in [5.74, 6) is -0.823. The smallest absolute Gasteiger partial charge is 0.306 e. The summed E-state index contributed by atoms with van der Waals surface area (Å²) in [5, 5.41) is 3.56. The predicted molar refractivity (Wildman–Crippen MR) is 118 cm³/mol. The second-order valence-electron chi connectivity index (χ2n) is 7.35. The molecule has 4 rings (SSSR count). The molecule has 0 saturated heterocycles. The number of carbonyl (C=O) groups excluding carboxylic acids is 3. The van der Waals surface area contributed by atoms with Gasteiger partial charge in [0.25, 0.3) is 11.8 Å². The van der Waals surface area contributed by atoms with E-state index in [1.807, 2.05) is 36.4 Å². The number of anilines is 1. The van der Waals surface area contributed by atoms with E-state index in [4.69, 9.17) is 9.47 Å². The van der Waals surface area contributed by atoms with Crippen molar-refractivity contribution in [2.24, 2.45) is 0 Å². The van der Waals surface area contributed by atoms with Gasteiger partial charge in [0.05, 0.1) is 24.2 Å². The number of aryl methyl sites for hydroxylation is 1. The van der Waals surface area contributed by atoms with Crippen LogP contribution in [0.4, 0.5) is 5.69 Å². The quantitative estimate of drug-likeness (QED) is 0.599. The molecule has 164 valence electrons. The van der Waals surface area contributed by atoms with Crippen molar-refractivity contribution in [2.75, 3.05) is 25.1 Å². The number of pyridine rings is 1. The van der Waals surface area contributed by atoms with Crippen LogP contribution in [0.3, 0.4) is 0 Å².